The Bertz CT molecular complexity index is 421. The van der Waals surface area contributed by atoms with Gasteiger partial charge in [0, 0.05) is 7.11 Å². The molecule has 0 atom stereocenters. The summed E-state index contributed by atoms with van der Waals surface area (Å²) in [6.45, 7) is 10.1. The fourth-order valence-corrected chi connectivity index (χ4v) is 2.61. The van der Waals surface area contributed by atoms with E-state index in [1.807, 2.05) is 6.07 Å². The van der Waals surface area contributed by atoms with Crippen molar-refractivity contribution in [3.05, 3.63) is 28.2 Å². The van der Waals surface area contributed by atoms with Crippen LogP contribution in [0.2, 0.25) is 0 Å². The van der Waals surface area contributed by atoms with Crippen LogP contribution in [0, 0.1) is 0 Å². The number of hydrogen-bond donors (Lipinski definition) is 1. The maximum absolute atomic E-state index is 5.67. The van der Waals surface area contributed by atoms with E-state index in [1.54, 1.807) is 7.11 Å². The summed E-state index contributed by atoms with van der Waals surface area (Å²) in [6.07, 6.45) is 2.29. The molecule has 21 heavy (non-hydrogen) atoms. The predicted molar refractivity (Wildman–Crippen MR) is 92.3 cm³/mol. The molecule has 0 fully saturated rings. The molecule has 1 aromatic rings. The van der Waals surface area contributed by atoms with E-state index in [2.05, 4.69) is 54.2 Å². The van der Waals surface area contributed by atoms with E-state index < -0.39 is 0 Å². The highest BCUT2D eigenvalue weighted by Crippen LogP contribution is 2.33. The smallest absolute Gasteiger partial charge is 0.133 e. The Hall–Kier alpha value is -0.580. The molecule has 0 aliphatic carbocycles. The lowest BCUT2D eigenvalue weighted by molar-refractivity contribution is 0.146. The maximum atomic E-state index is 5.67. The van der Waals surface area contributed by atoms with E-state index in [4.69, 9.17) is 9.47 Å². The van der Waals surface area contributed by atoms with Crippen molar-refractivity contribution in [2.75, 3.05) is 33.4 Å². The highest BCUT2D eigenvalue weighted by atomic mass is 79.9. The first-order chi connectivity index (χ1) is 10.0. The highest BCUT2D eigenvalue weighted by molar-refractivity contribution is 9.10. The molecule has 4 heteroatoms. The minimum absolute atomic E-state index is 0.147. The standard InChI is InChI=1S/C17H28BrNO2/c1-5-9-19-10-8-17(2,3)14-6-7-16(15(18)13-14)21-12-11-20-4/h6-7,13,19H,5,8-12H2,1-4H3. The molecule has 120 valence electrons. The quantitative estimate of drug-likeness (QED) is 0.638. The average Bonchev–Trinajstić information content (AvgIpc) is 2.45. The predicted octanol–water partition coefficient (Wildman–Crippen LogP) is 4.14. The lowest BCUT2D eigenvalue weighted by atomic mass is 9.81. The van der Waals surface area contributed by atoms with Crippen LogP contribution in [0.1, 0.15) is 39.2 Å². The fraction of sp³-hybridized carbons (Fsp3) is 0.647. The summed E-state index contributed by atoms with van der Waals surface area (Å²) >= 11 is 3.60. The molecule has 0 bridgehead atoms. The van der Waals surface area contributed by atoms with Gasteiger partial charge in [0.05, 0.1) is 11.1 Å². The number of halogens is 1. The van der Waals surface area contributed by atoms with Crippen LogP contribution in [0.5, 0.6) is 5.75 Å². The Morgan fingerprint density at radius 1 is 1.19 bits per heavy atom. The summed E-state index contributed by atoms with van der Waals surface area (Å²) in [5.41, 5.74) is 1.47. The van der Waals surface area contributed by atoms with Gasteiger partial charge in [-0.15, -0.1) is 0 Å². The van der Waals surface area contributed by atoms with E-state index >= 15 is 0 Å². The van der Waals surface area contributed by atoms with E-state index in [1.165, 1.54) is 12.0 Å². The summed E-state index contributed by atoms with van der Waals surface area (Å²) in [4.78, 5) is 0. The van der Waals surface area contributed by atoms with E-state index in [0.29, 0.717) is 13.2 Å². The van der Waals surface area contributed by atoms with Crippen molar-refractivity contribution in [3.63, 3.8) is 0 Å². The number of nitrogens with one attached hydrogen (secondary N) is 1. The highest BCUT2D eigenvalue weighted by Gasteiger charge is 2.21. The second-order valence-electron chi connectivity index (χ2n) is 5.87. The molecule has 3 nitrogen and oxygen atoms in total. The van der Waals surface area contributed by atoms with Crippen LogP contribution in [-0.4, -0.2) is 33.4 Å². The van der Waals surface area contributed by atoms with Crippen LogP contribution in [-0.2, 0) is 10.2 Å². The van der Waals surface area contributed by atoms with Crippen molar-refractivity contribution in [3.8, 4) is 5.75 Å². The Morgan fingerprint density at radius 3 is 2.57 bits per heavy atom. The Kier molecular flexibility index (Phi) is 8.30. The van der Waals surface area contributed by atoms with Crippen molar-refractivity contribution in [2.24, 2.45) is 0 Å². The summed E-state index contributed by atoms with van der Waals surface area (Å²) in [5.74, 6) is 0.871. The fourth-order valence-electron chi connectivity index (χ4n) is 2.12. The van der Waals surface area contributed by atoms with Crippen molar-refractivity contribution in [2.45, 2.75) is 39.0 Å². The molecule has 0 radical (unpaired) electrons. The lowest BCUT2D eigenvalue weighted by Crippen LogP contribution is -2.26. The van der Waals surface area contributed by atoms with Crippen LogP contribution in [0.3, 0.4) is 0 Å². The van der Waals surface area contributed by atoms with Gasteiger partial charge in [-0.3, -0.25) is 0 Å². The zero-order valence-corrected chi connectivity index (χ0v) is 15.3. The number of rotatable bonds is 10. The van der Waals surface area contributed by atoms with Crippen LogP contribution in [0.15, 0.2) is 22.7 Å². The Labute approximate surface area is 137 Å². The van der Waals surface area contributed by atoms with Gasteiger partial charge in [-0.2, -0.15) is 0 Å². The number of ether oxygens (including phenoxy) is 2. The van der Waals surface area contributed by atoms with Gasteiger partial charge in [0.2, 0.25) is 0 Å². The van der Waals surface area contributed by atoms with Crippen molar-refractivity contribution in [1.29, 1.82) is 0 Å². The first-order valence-electron chi connectivity index (χ1n) is 7.63. The molecule has 0 spiro atoms. The Balaban J connectivity index is 2.63. The summed E-state index contributed by atoms with van der Waals surface area (Å²) < 4.78 is 11.7. The van der Waals surface area contributed by atoms with Crippen LogP contribution in [0.25, 0.3) is 0 Å². The first-order valence-corrected chi connectivity index (χ1v) is 8.43. The zero-order chi connectivity index (χ0) is 15.7. The molecule has 0 aliphatic heterocycles. The SMILES string of the molecule is CCCNCCC(C)(C)c1ccc(OCCOC)c(Br)c1. The van der Waals surface area contributed by atoms with Gasteiger partial charge in [-0.1, -0.05) is 26.8 Å². The molecule has 1 rings (SSSR count). The third-order valence-electron chi connectivity index (χ3n) is 3.61. The largest absolute Gasteiger partial charge is 0.490 e. The maximum Gasteiger partial charge on any atom is 0.133 e. The Morgan fingerprint density at radius 2 is 1.95 bits per heavy atom. The zero-order valence-electron chi connectivity index (χ0n) is 13.7. The van der Waals surface area contributed by atoms with Gasteiger partial charge < -0.3 is 14.8 Å². The average molecular weight is 358 g/mol. The third kappa shape index (κ3) is 6.37. The summed E-state index contributed by atoms with van der Waals surface area (Å²) in [6, 6.07) is 6.37. The van der Waals surface area contributed by atoms with Gasteiger partial charge >= 0.3 is 0 Å². The molecule has 0 aliphatic rings. The van der Waals surface area contributed by atoms with E-state index in [0.717, 1.165) is 29.7 Å². The molecule has 1 N–H and O–H groups in total. The first kappa shape index (κ1) is 18.5. The van der Waals surface area contributed by atoms with Crippen LogP contribution >= 0.6 is 15.9 Å². The third-order valence-corrected chi connectivity index (χ3v) is 4.23. The van der Waals surface area contributed by atoms with Crippen molar-refractivity contribution < 1.29 is 9.47 Å². The van der Waals surface area contributed by atoms with E-state index in [9.17, 15) is 0 Å². The molecule has 0 saturated heterocycles. The van der Waals surface area contributed by atoms with Gasteiger partial charge in [-0.05, 0) is 65.0 Å². The molecular formula is C17H28BrNO2. The number of benzene rings is 1. The molecule has 0 amide bonds. The minimum Gasteiger partial charge on any atom is -0.490 e. The van der Waals surface area contributed by atoms with Crippen molar-refractivity contribution >= 4 is 15.9 Å². The summed E-state index contributed by atoms with van der Waals surface area (Å²) in [7, 11) is 1.68. The molecule has 0 heterocycles. The number of methoxy groups -OCH3 is 1. The number of hydrogen-bond acceptors (Lipinski definition) is 3. The summed E-state index contributed by atoms with van der Waals surface area (Å²) in [5, 5.41) is 3.47. The van der Waals surface area contributed by atoms with Gasteiger partial charge in [0.1, 0.15) is 12.4 Å². The van der Waals surface area contributed by atoms with Crippen molar-refractivity contribution in [1.82, 2.24) is 5.32 Å². The molecule has 0 unspecified atom stereocenters. The molecular weight excluding hydrogens is 330 g/mol. The second-order valence-corrected chi connectivity index (χ2v) is 6.72. The van der Waals surface area contributed by atoms with Gasteiger partial charge in [-0.25, -0.2) is 0 Å². The van der Waals surface area contributed by atoms with Crippen LogP contribution < -0.4 is 10.1 Å². The van der Waals surface area contributed by atoms with Crippen LogP contribution in [0.4, 0.5) is 0 Å². The van der Waals surface area contributed by atoms with Gasteiger partial charge in [0.15, 0.2) is 0 Å². The van der Waals surface area contributed by atoms with Gasteiger partial charge in [0.25, 0.3) is 0 Å². The monoisotopic (exact) mass is 357 g/mol. The normalized spacial score (nSPS) is 11.7. The van der Waals surface area contributed by atoms with E-state index in [-0.39, 0.29) is 5.41 Å². The second kappa shape index (κ2) is 9.44. The molecule has 1 aromatic carbocycles. The molecule has 0 saturated carbocycles. The minimum atomic E-state index is 0.147. The topological polar surface area (TPSA) is 30.5 Å². The lowest BCUT2D eigenvalue weighted by Gasteiger charge is -2.26. The molecule has 0 aromatic heterocycles.